The van der Waals surface area contributed by atoms with Gasteiger partial charge in [-0.05, 0) is 30.5 Å². The van der Waals surface area contributed by atoms with Crippen LogP contribution in [0.2, 0.25) is 0 Å². The number of nitrogens with one attached hydrogen (secondary N) is 1. The number of benzene rings is 2. The Hall–Kier alpha value is -2.62. The van der Waals surface area contributed by atoms with Crippen LogP contribution in [-0.2, 0) is 22.7 Å². The second-order valence-electron chi connectivity index (χ2n) is 6.06. The predicted octanol–water partition coefficient (Wildman–Crippen LogP) is 2.97. The number of rotatable bonds is 6. The maximum absolute atomic E-state index is 12.2. The van der Waals surface area contributed by atoms with Gasteiger partial charge in [0.2, 0.25) is 11.8 Å². The molecule has 126 valence electrons. The lowest BCUT2D eigenvalue weighted by Gasteiger charge is -2.21. The summed E-state index contributed by atoms with van der Waals surface area (Å²) in [5.41, 5.74) is 4.40. The third-order valence-electron chi connectivity index (χ3n) is 4.01. The molecule has 24 heavy (non-hydrogen) atoms. The van der Waals surface area contributed by atoms with Crippen molar-refractivity contribution in [2.75, 3.05) is 6.54 Å². The minimum absolute atomic E-state index is 0.0650. The van der Waals surface area contributed by atoms with Gasteiger partial charge in [-0.15, -0.1) is 0 Å². The largest absolute Gasteiger partial charge is 0.350 e. The molecule has 0 bridgehead atoms. The van der Waals surface area contributed by atoms with E-state index >= 15 is 0 Å². The molecule has 2 rings (SSSR count). The van der Waals surface area contributed by atoms with E-state index in [0.29, 0.717) is 13.1 Å². The van der Waals surface area contributed by atoms with Crippen LogP contribution in [0.4, 0.5) is 0 Å². The Morgan fingerprint density at radius 2 is 1.67 bits per heavy atom. The molecule has 0 aromatic heterocycles. The van der Waals surface area contributed by atoms with E-state index in [4.69, 9.17) is 0 Å². The molecule has 0 saturated heterocycles. The molecule has 0 radical (unpaired) electrons. The van der Waals surface area contributed by atoms with Crippen molar-refractivity contribution < 1.29 is 9.59 Å². The lowest BCUT2D eigenvalue weighted by Crippen LogP contribution is -2.39. The van der Waals surface area contributed by atoms with Crippen molar-refractivity contribution >= 4 is 11.8 Å². The van der Waals surface area contributed by atoms with Crippen LogP contribution in [0.25, 0.3) is 0 Å². The highest BCUT2D eigenvalue weighted by atomic mass is 16.2. The molecule has 1 N–H and O–H groups in total. The Morgan fingerprint density at radius 3 is 2.29 bits per heavy atom. The zero-order valence-electron chi connectivity index (χ0n) is 14.5. The van der Waals surface area contributed by atoms with E-state index in [1.807, 2.05) is 62.4 Å². The van der Waals surface area contributed by atoms with Crippen molar-refractivity contribution in [2.24, 2.45) is 0 Å². The molecule has 0 spiro atoms. The lowest BCUT2D eigenvalue weighted by atomic mass is 10.1. The molecule has 2 aromatic rings. The van der Waals surface area contributed by atoms with E-state index in [9.17, 15) is 9.59 Å². The normalized spacial score (nSPS) is 10.3. The first-order chi connectivity index (χ1) is 11.5. The number of carbonyl (C=O) groups excluding carboxylic acids is 2. The van der Waals surface area contributed by atoms with Gasteiger partial charge in [0, 0.05) is 20.0 Å². The maximum atomic E-state index is 12.2. The topological polar surface area (TPSA) is 49.4 Å². The summed E-state index contributed by atoms with van der Waals surface area (Å²) in [6.07, 6.45) is 0. The smallest absolute Gasteiger partial charge is 0.239 e. The molecule has 2 amide bonds. The number of aryl methyl sites for hydroxylation is 2. The van der Waals surface area contributed by atoms with Crippen molar-refractivity contribution in [2.45, 2.75) is 33.9 Å². The fourth-order valence-corrected chi connectivity index (χ4v) is 2.41. The molecule has 0 heterocycles. The third-order valence-corrected chi connectivity index (χ3v) is 4.01. The van der Waals surface area contributed by atoms with E-state index in [2.05, 4.69) is 5.32 Å². The van der Waals surface area contributed by atoms with Crippen molar-refractivity contribution in [3.05, 3.63) is 70.8 Å². The summed E-state index contributed by atoms with van der Waals surface area (Å²) >= 11 is 0. The van der Waals surface area contributed by atoms with Gasteiger partial charge in [0.1, 0.15) is 0 Å². The van der Waals surface area contributed by atoms with Crippen molar-refractivity contribution in [3.63, 3.8) is 0 Å². The SMILES string of the molecule is CC(=O)N(CC(=O)NCc1ccc(C)cc1)Cc1ccccc1C. The van der Waals surface area contributed by atoms with Gasteiger partial charge in [0.25, 0.3) is 0 Å². The fourth-order valence-electron chi connectivity index (χ4n) is 2.41. The Balaban J connectivity index is 1.92. The molecule has 4 heteroatoms. The van der Waals surface area contributed by atoms with Crippen LogP contribution < -0.4 is 5.32 Å². The highest BCUT2D eigenvalue weighted by Crippen LogP contribution is 2.10. The van der Waals surface area contributed by atoms with Gasteiger partial charge < -0.3 is 10.2 Å². The van der Waals surface area contributed by atoms with Gasteiger partial charge in [-0.25, -0.2) is 0 Å². The standard InChI is InChI=1S/C20H24N2O2/c1-15-8-10-18(11-9-15)12-21-20(24)14-22(17(3)23)13-19-7-5-4-6-16(19)2/h4-11H,12-14H2,1-3H3,(H,21,24). The zero-order chi connectivity index (χ0) is 17.5. The highest BCUT2D eigenvalue weighted by molar-refractivity contribution is 5.83. The molecule has 2 aromatic carbocycles. The summed E-state index contributed by atoms with van der Waals surface area (Å²) in [6.45, 7) is 6.50. The van der Waals surface area contributed by atoms with E-state index in [-0.39, 0.29) is 18.4 Å². The summed E-state index contributed by atoms with van der Waals surface area (Å²) < 4.78 is 0. The van der Waals surface area contributed by atoms with Crippen LogP contribution >= 0.6 is 0 Å². The minimum Gasteiger partial charge on any atom is -0.350 e. The molecule has 0 fully saturated rings. The predicted molar refractivity (Wildman–Crippen MR) is 95.3 cm³/mol. The second-order valence-corrected chi connectivity index (χ2v) is 6.06. The quantitative estimate of drug-likeness (QED) is 0.888. The molecule has 0 aliphatic rings. The summed E-state index contributed by atoms with van der Waals surface area (Å²) in [5, 5.41) is 2.87. The Kier molecular flexibility index (Phi) is 6.13. The fraction of sp³-hybridized carbons (Fsp3) is 0.300. The Morgan fingerprint density at radius 1 is 1.00 bits per heavy atom. The lowest BCUT2D eigenvalue weighted by molar-refractivity contribution is -0.135. The monoisotopic (exact) mass is 324 g/mol. The average molecular weight is 324 g/mol. The molecule has 0 unspecified atom stereocenters. The summed E-state index contributed by atoms with van der Waals surface area (Å²) in [4.78, 5) is 25.6. The van der Waals surface area contributed by atoms with E-state index in [0.717, 1.165) is 16.7 Å². The van der Waals surface area contributed by atoms with Crippen LogP contribution in [0.5, 0.6) is 0 Å². The maximum Gasteiger partial charge on any atom is 0.239 e. The van der Waals surface area contributed by atoms with Gasteiger partial charge in [-0.2, -0.15) is 0 Å². The molecule has 4 nitrogen and oxygen atoms in total. The molecular weight excluding hydrogens is 300 g/mol. The minimum atomic E-state index is -0.153. The summed E-state index contributed by atoms with van der Waals surface area (Å²) in [5.74, 6) is -0.261. The first kappa shape index (κ1) is 17.7. The van der Waals surface area contributed by atoms with Crippen LogP contribution in [0.1, 0.15) is 29.2 Å². The Labute approximate surface area is 143 Å². The van der Waals surface area contributed by atoms with E-state index in [1.54, 1.807) is 4.90 Å². The van der Waals surface area contributed by atoms with E-state index in [1.165, 1.54) is 12.5 Å². The molecule has 0 aliphatic carbocycles. The van der Waals surface area contributed by atoms with Gasteiger partial charge >= 0.3 is 0 Å². The summed E-state index contributed by atoms with van der Waals surface area (Å²) in [6, 6.07) is 15.9. The Bertz CT molecular complexity index is 708. The number of hydrogen-bond donors (Lipinski definition) is 1. The molecular formula is C20H24N2O2. The highest BCUT2D eigenvalue weighted by Gasteiger charge is 2.14. The van der Waals surface area contributed by atoms with Gasteiger partial charge in [-0.1, -0.05) is 54.1 Å². The molecule has 0 atom stereocenters. The van der Waals surface area contributed by atoms with Crippen molar-refractivity contribution in [1.29, 1.82) is 0 Å². The van der Waals surface area contributed by atoms with Crippen LogP contribution in [0, 0.1) is 13.8 Å². The van der Waals surface area contributed by atoms with Crippen LogP contribution in [0.3, 0.4) is 0 Å². The number of carbonyl (C=O) groups is 2. The van der Waals surface area contributed by atoms with Crippen LogP contribution in [-0.4, -0.2) is 23.3 Å². The van der Waals surface area contributed by atoms with Gasteiger partial charge in [0.05, 0.1) is 6.54 Å². The second kappa shape index (κ2) is 8.29. The van der Waals surface area contributed by atoms with E-state index < -0.39 is 0 Å². The number of amides is 2. The average Bonchev–Trinajstić information content (AvgIpc) is 2.55. The van der Waals surface area contributed by atoms with Crippen molar-refractivity contribution in [1.82, 2.24) is 10.2 Å². The molecule has 0 aliphatic heterocycles. The first-order valence-corrected chi connectivity index (χ1v) is 8.08. The number of nitrogens with zero attached hydrogens (tertiary/aromatic N) is 1. The molecule has 0 saturated carbocycles. The number of hydrogen-bond acceptors (Lipinski definition) is 2. The third kappa shape index (κ3) is 5.23. The van der Waals surface area contributed by atoms with Crippen molar-refractivity contribution in [3.8, 4) is 0 Å². The van der Waals surface area contributed by atoms with Gasteiger partial charge in [0.15, 0.2) is 0 Å². The van der Waals surface area contributed by atoms with Gasteiger partial charge in [-0.3, -0.25) is 9.59 Å². The first-order valence-electron chi connectivity index (χ1n) is 8.08. The van der Waals surface area contributed by atoms with Crippen LogP contribution in [0.15, 0.2) is 48.5 Å². The summed E-state index contributed by atoms with van der Waals surface area (Å²) in [7, 11) is 0. The zero-order valence-corrected chi connectivity index (χ0v) is 14.5.